The number of ether oxygens (including phenoxy) is 1. The van der Waals surface area contributed by atoms with Crippen LogP contribution in [0.3, 0.4) is 0 Å². The molecule has 176 valence electrons. The molecular formula is C22H27BFN3O4S2. The van der Waals surface area contributed by atoms with Crippen LogP contribution in [-0.2, 0) is 9.53 Å². The van der Waals surface area contributed by atoms with Crippen molar-refractivity contribution in [2.75, 3.05) is 13.1 Å². The maximum absolute atomic E-state index is 14.4. The molecule has 33 heavy (non-hydrogen) atoms. The Balaban J connectivity index is 0.000000318. The van der Waals surface area contributed by atoms with Crippen LogP contribution < -0.4 is 0 Å². The minimum atomic E-state index is -1.08. The first-order valence-corrected chi connectivity index (χ1v) is 12.5. The van der Waals surface area contributed by atoms with Crippen molar-refractivity contribution < 1.29 is 23.5 Å². The Hall–Kier alpha value is -2.01. The van der Waals surface area contributed by atoms with E-state index >= 15 is 0 Å². The lowest BCUT2D eigenvalue weighted by Crippen LogP contribution is -2.50. The first-order valence-electron chi connectivity index (χ1n) is 11.1. The van der Waals surface area contributed by atoms with Crippen molar-refractivity contribution in [2.45, 2.75) is 56.9 Å². The summed E-state index contributed by atoms with van der Waals surface area (Å²) < 4.78 is 19.9. The van der Waals surface area contributed by atoms with Crippen molar-refractivity contribution in [2.24, 2.45) is 10.9 Å². The van der Waals surface area contributed by atoms with Crippen molar-refractivity contribution in [3.05, 3.63) is 35.1 Å². The van der Waals surface area contributed by atoms with Gasteiger partial charge in [0.25, 0.3) is 0 Å². The average Bonchev–Trinajstić information content (AvgIpc) is 3.33. The van der Waals surface area contributed by atoms with Gasteiger partial charge in [0.05, 0.1) is 6.04 Å². The van der Waals surface area contributed by atoms with E-state index in [1.165, 1.54) is 41.5 Å². The molecule has 2 fully saturated rings. The lowest BCUT2D eigenvalue weighted by atomic mass is 9.78. The van der Waals surface area contributed by atoms with E-state index in [1.54, 1.807) is 31.7 Å². The summed E-state index contributed by atoms with van der Waals surface area (Å²) >= 11 is 5.84. The lowest BCUT2D eigenvalue weighted by Gasteiger charge is -2.31. The van der Waals surface area contributed by atoms with Gasteiger partial charge < -0.3 is 14.4 Å². The molecule has 4 bridgehead atoms. The van der Waals surface area contributed by atoms with Gasteiger partial charge in [0.1, 0.15) is 11.4 Å². The SMILES string of the molecule is CC(C)(C)OC(=O)N1B(S)C(=O)c2ccc(F)c(c2)C2N=C1SC1CC12.O=CN1CCCC1. The second-order valence-corrected chi connectivity index (χ2v) is 11.3. The molecular weight excluding hydrogens is 464 g/mol. The topological polar surface area (TPSA) is 79.3 Å². The van der Waals surface area contributed by atoms with Gasteiger partial charge in [-0.2, -0.15) is 12.5 Å². The summed E-state index contributed by atoms with van der Waals surface area (Å²) in [4.78, 5) is 43.3. The summed E-state index contributed by atoms with van der Waals surface area (Å²) in [6.07, 6.45) is 2.46. The third kappa shape index (κ3) is 5.24. The van der Waals surface area contributed by atoms with E-state index in [-0.39, 0.29) is 22.7 Å². The van der Waals surface area contributed by atoms with E-state index < -0.39 is 23.9 Å². The summed E-state index contributed by atoms with van der Waals surface area (Å²) in [6.45, 7) is 7.21. The molecule has 4 aliphatic rings. The number of thiol groups is 1. The zero-order chi connectivity index (χ0) is 23.9. The quantitative estimate of drug-likeness (QED) is 0.365. The Labute approximate surface area is 202 Å². The van der Waals surface area contributed by atoms with E-state index in [0.29, 0.717) is 16.3 Å². The smallest absolute Gasteiger partial charge is 0.414 e. The van der Waals surface area contributed by atoms with Gasteiger partial charge >= 0.3 is 12.2 Å². The second kappa shape index (κ2) is 9.33. The highest BCUT2D eigenvalue weighted by Gasteiger charge is 2.52. The van der Waals surface area contributed by atoms with Crippen molar-refractivity contribution in [3.8, 4) is 0 Å². The van der Waals surface area contributed by atoms with Gasteiger partial charge in [-0.3, -0.25) is 14.6 Å². The van der Waals surface area contributed by atoms with Gasteiger partial charge in [0.15, 0.2) is 10.9 Å². The Morgan fingerprint density at radius 2 is 2.03 bits per heavy atom. The monoisotopic (exact) mass is 491 g/mol. The van der Waals surface area contributed by atoms with Crippen LogP contribution in [0.4, 0.5) is 9.18 Å². The molecule has 0 radical (unpaired) electrons. The lowest BCUT2D eigenvalue weighted by molar-refractivity contribution is -0.117. The maximum Gasteiger partial charge on any atom is 0.414 e. The predicted molar refractivity (Wildman–Crippen MR) is 130 cm³/mol. The normalized spacial score (nSPS) is 25.6. The molecule has 0 spiro atoms. The molecule has 11 heteroatoms. The highest BCUT2D eigenvalue weighted by Crippen LogP contribution is 2.56. The van der Waals surface area contributed by atoms with E-state index in [0.717, 1.165) is 25.9 Å². The van der Waals surface area contributed by atoms with Crippen molar-refractivity contribution in [1.82, 2.24) is 9.71 Å². The maximum atomic E-state index is 14.4. The fourth-order valence-electron chi connectivity index (χ4n) is 4.09. The number of hydrogen-bond acceptors (Lipinski definition) is 7. The van der Waals surface area contributed by atoms with E-state index in [4.69, 9.17) is 4.74 Å². The largest absolute Gasteiger partial charge is 0.444 e. The number of carbonyl (C=O) groups is 3. The van der Waals surface area contributed by atoms with Crippen LogP contribution in [0.2, 0.25) is 0 Å². The minimum Gasteiger partial charge on any atom is -0.444 e. The van der Waals surface area contributed by atoms with Crippen LogP contribution in [0, 0.1) is 11.7 Å². The number of halogens is 1. The van der Waals surface area contributed by atoms with Crippen LogP contribution in [0.1, 0.15) is 62.0 Å². The average molecular weight is 491 g/mol. The summed E-state index contributed by atoms with van der Waals surface area (Å²) in [5, 5.41) is 0.632. The molecule has 0 aromatic heterocycles. The third-order valence-electron chi connectivity index (χ3n) is 5.85. The summed E-state index contributed by atoms with van der Waals surface area (Å²) in [7, 11) is 0. The van der Waals surface area contributed by atoms with Gasteiger partial charge in [-0.05, 0) is 64.2 Å². The zero-order valence-electron chi connectivity index (χ0n) is 18.9. The highest BCUT2D eigenvalue weighted by atomic mass is 32.2. The molecule has 1 aromatic carbocycles. The van der Waals surface area contributed by atoms with E-state index in [2.05, 4.69) is 17.5 Å². The Kier molecular flexibility index (Phi) is 6.82. The number of rotatable bonds is 1. The molecule has 1 saturated heterocycles. The van der Waals surface area contributed by atoms with Crippen LogP contribution >= 0.6 is 24.2 Å². The van der Waals surface area contributed by atoms with Gasteiger partial charge in [0, 0.05) is 29.5 Å². The summed E-state index contributed by atoms with van der Waals surface area (Å²) in [6, 6.07) is 3.87. The molecule has 3 atom stereocenters. The number of hydrogen-bond donors (Lipinski definition) is 1. The van der Waals surface area contributed by atoms with Gasteiger partial charge in [0.2, 0.25) is 6.41 Å². The minimum absolute atomic E-state index is 0.223. The number of nitrogens with zero attached hydrogens (tertiary/aromatic N) is 3. The van der Waals surface area contributed by atoms with Crippen molar-refractivity contribution in [1.29, 1.82) is 0 Å². The highest BCUT2D eigenvalue weighted by molar-refractivity contribution is 8.17. The molecule has 3 unspecified atom stereocenters. The van der Waals surface area contributed by atoms with Crippen LogP contribution in [0.15, 0.2) is 23.2 Å². The van der Waals surface area contributed by atoms with Crippen LogP contribution in [0.25, 0.3) is 0 Å². The number of benzene rings is 1. The van der Waals surface area contributed by atoms with Crippen molar-refractivity contribution in [3.63, 3.8) is 0 Å². The summed E-state index contributed by atoms with van der Waals surface area (Å²) in [5.41, 5.74) is -0.379. The first-order chi connectivity index (χ1) is 15.6. The molecule has 0 N–H and O–H groups in total. The molecule has 7 nitrogen and oxygen atoms in total. The molecule has 3 heterocycles. The summed E-state index contributed by atoms with van der Waals surface area (Å²) in [5.74, 6) is -0.158. The van der Waals surface area contributed by atoms with Gasteiger partial charge in [-0.1, -0.05) is 11.8 Å². The predicted octanol–water partition coefficient (Wildman–Crippen LogP) is 3.99. The Bertz CT molecular complexity index is 996. The standard InChI is InChI=1S/C17H18BFN2O3S2.C5H9NO/c1-17(2,3)24-16(23)21-15-20-13(10-7-12(10)26-15)9-6-8(4-5-11(9)19)14(22)18(21)25;7-5-6-3-1-2-4-6/h4-6,10,12-13,25H,7H2,1-3H3;5H,1-4H2. The number of amidine groups is 1. The molecule has 1 aliphatic carbocycles. The van der Waals surface area contributed by atoms with Crippen LogP contribution in [0.5, 0.6) is 0 Å². The third-order valence-corrected chi connectivity index (χ3v) is 7.68. The Morgan fingerprint density at radius 1 is 1.33 bits per heavy atom. The second-order valence-electron chi connectivity index (χ2n) is 9.59. The molecule has 2 amide bonds. The number of thioether (sulfide) groups is 1. The number of aliphatic imine (C=N–C) groups is 1. The molecule has 3 aliphatic heterocycles. The van der Waals surface area contributed by atoms with E-state index in [1.807, 2.05) is 0 Å². The van der Waals surface area contributed by atoms with Gasteiger partial charge in [-0.25, -0.2) is 9.18 Å². The zero-order valence-corrected chi connectivity index (χ0v) is 20.6. The fraction of sp³-hybridized carbons (Fsp3) is 0.545. The van der Waals surface area contributed by atoms with Gasteiger partial charge in [-0.15, -0.1) is 0 Å². The fourth-order valence-corrected chi connectivity index (χ4v) is 5.90. The van der Waals surface area contributed by atoms with Crippen LogP contribution in [-0.4, -0.2) is 63.1 Å². The molecule has 5 rings (SSSR count). The Morgan fingerprint density at radius 3 is 2.64 bits per heavy atom. The first kappa shape index (κ1) is 24.1. The molecule has 1 aromatic rings. The number of carbonyl (C=O) groups excluding carboxylic acids is 3. The number of fused-ring (bicyclic) bond motifs is 6. The number of likely N-dealkylation sites (tertiary alicyclic amines) is 1. The van der Waals surface area contributed by atoms with Crippen molar-refractivity contribution >= 4 is 53.7 Å². The number of amides is 2. The molecule has 1 saturated carbocycles. The van der Waals surface area contributed by atoms with E-state index in [9.17, 15) is 18.8 Å².